The standard InChI is InChI=1S/C12H25N/c1-3-4-5-6-7-8-11(13)12(2)9-10-12/h11H,3-10,13H2,1-2H3. The fourth-order valence-corrected chi connectivity index (χ4v) is 1.88. The van der Waals surface area contributed by atoms with Crippen molar-refractivity contribution in [3.05, 3.63) is 0 Å². The third-order valence-corrected chi connectivity index (χ3v) is 3.55. The van der Waals surface area contributed by atoms with E-state index in [1.54, 1.807) is 0 Å². The summed E-state index contributed by atoms with van der Waals surface area (Å²) in [5.74, 6) is 0. The van der Waals surface area contributed by atoms with Gasteiger partial charge in [-0.3, -0.25) is 0 Å². The normalized spacial score (nSPS) is 21.5. The monoisotopic (exact) mass is 183 g/mol. The van der Waals surface area contributed by atoms with Crippen molar-refractivity contribution in [1.29, 1.82) is 0 Å². The summed E-state index contributed by atoms with van der Waals surface area (Å²) >= 11 is 0. The van der Waals surface area contributed by atoms with Gasteiger partial charge in [0.15, 0.2) is 0 Å². The van der Waals surface area contributed by atoms with E-state index in [2.05, 4.69) is 13.8 Å². The molecule has 0 radical (unpaired) electrons. The van der Waals surface area contributed by atoms with Crippen LogP contribution in [0.25, 0.3) is 0 Å². The van der Waals surface area contributed by atoms with Crippen molar-refractivity contribution in [3.8, 4) is 0 Å². The topological polar surface area (TPSA) is 26.0 Å². The van der Waals surface area contributed by atoms with Crippen LogP contribution in [-0.4, -0.2) is 6.04 Å². The van der Waals surface area contributed by atoms with Gasteiger partial charge < -0.3 is 5.73 Å². The molecule has 78 valence electrons. The molecule has 1 atom stereocenters. The van der Waals surface area contributed by atoms with E-state index >= 15 is 0 Å². The molecule has 0 bridgehead atoms. The molecule has 1 aliphatic rings. The Labute approximate surface area is 83.1 Å². The molecule has 13 heavy (non-hydrogen) atoms. The lowest BCUT2D eigenvalue weighted by molar-refractivity contribution is 0.395. The van der Waals surface area contributed by atoms with Gasteiger partial charge in [0.25, 0.3) is 0 Å². The first-order chi connectivity index (χ1) is 6.19. The van der Waals surface area contributed by atoms with Gasteiger partial charge >= 0.3 is 0 Å². The Balaban J connectivity index is 1.93. The predicted octanol–water partition coefficient (Wildman–Crippen LogP) is 3.47. The van der Waals surface area contributed by atoms with Gasteiger partial charge in [0.1, 0.15) is 0 Å². The van der Waals surface area contributed by atoms with Gasteiger partial charge in [-0.15, -0.1) is 0 Å². The van der Waals surface area contributed by atoms with Gasteiger partial charge in [-0.25, -0.2) is 0 Å². The molecule has 1 fully saturated rings. The third-order valence-electron chi connectivity index (χ3n) is 3.55. The van der Waals surface area contributed by atoms with E-state index in [0.29, 0.717) is 11.5 Å². The van der Waals surface area contributed by atoms with Gasteiger partial charge in [-0.2, -0.15) is 0 Å². The van der Waals surface area contributed by atoms with Crippen LogP contribution in [0.5, 0.6) is 0 Å². The molecule has 2 N–H and O–H groups in total. The maximum Gasteiger partial charge on any atom is 0.00929 e. The van der Waals surface area contributed by atoms with Crippen molar-refractivity contribution >= 4 is 0 Å². The van der Waals surface area contributed by atoms with E-state index in [1.807, 2.05) is 0 Å². The van der Waals surface area contributed by atoms with Gasteiger partial charge in [0, 0.05) is 6.04 Å². The van der Waals surface area contributed by atoms with Crippen LogP contribution in [0.3, 0.4) is 0 Å². The maximum atomic E-state index is 6.13. The molecule has 1 saturated carbocycles. The van der Waals surface area contributed by atoms with Crippen LogP contribution in [0.4, 0.5) is 0 Å². The number of hydrogen-bond donors (Lipinski definition) is 1. The number of rotatable bonds is 7. The van der Waals surface area contributed by atoms with Crippen LogP contribution >= 0.6 is 0 Å². The highest BCUT2D eigenvalue weighted by Crippen LogP contribution is 2.48. The van der Waals surface area contributed by atoms with Crippen LogP contribution in [0.2, 0.25) is 0 Å². The lowest BCUT2D eigenvalue weighted by Gasteiger charge is -2.18. The van der Waals surface area contributed by atoms with Crippen LogP contribution in [0.1, 0.15) is 65.2 Å². The highest BCUT2D eigenvalue weighted by molar-refractivity contribution is 4.96. The zero-order valence-electron chi connectivity index (χ0n) is 9.31. The lowest BCUT2D eigenvalue weighted by Crippen LogP contribution is -2.29. The maximum absolute atomic E-state index is 6.13. The summed E-state index contributed by atoms with van der Waals surface area (Å²) in [5, 5.41) is 0. The van der Waals surface area contributed by atoms with Gasteiger partial charge in [0.05, 0.1) is 0 Å². The molecule has 0 aromatic rings. The number of unbranched alkanes of at least 4 members (excludes halogenated alkanes) is 4. The number of nitrogens with two attached hydrogens (primary N) is 1. The summed E-state index contributed by atoms with van der Waals surface area (Å²) in [4.78, 5) is 0. The molecular weight excluding hydrogens is 158 g/mol. The summed E-state index contributed by atoms with van der Waals surface area (Å²) in [6, 6.07) is 0.481. The fourth-order valence-electron chi connectivity index (χ4n) is 1.88. The first-order valence-electron chi connectivity index (χ1n) is 5.94. The van der Waals surface area contributed by atoms with Crippen molar-refractivity contribution in [2.45, 2.75) is 71.3 Å². The zero-order chi connectivity index (χ0) is 9.73. The molecule has 0 saturated heterocycles. The Morgan fingerprint density at radius 3 is 2.31 bits per heavy atom. The molecule has 1 rings (SSSR count). The summed E-state index contributed by atoms with van der Waals surface area (Å²) in [5.41, 5.74) is 6.66. The Morgan fingerprint density at radius 1 is 1.15 bits per heavy atom. The second-order valence-corrected chi connectivity index (χ2v) is 4.96. The minimum absolute atomic E-state index is 0.481. The Hall–Kier alpha value is -0.0400. The van der Waals surface area contributed by atoms with Crippen molar-refractivity contribution < 1.29 is 0 Å². The summed E-state index contributed by atoms with van der Waals surface area (Å²) in [6.45, 7) is 4.60. The van der Waals surface area contributed by atoms with E-state index in [-0.39, 0.29) is 0 Å². The van der Waals surface area contributed by atoms with Crippen LogP contribution in [-0.2, 0) is 0 Å². The van der Waals surface area contributed by atoms with Crippen LogP contribution in [0, 0.1) is 5.41 Å². The molecule has 1 aliphatic carbocycles. The lowest BCUT2D eigenvalue weighted by atomic mass is 9.94. The molecule has 0 aromatic heterocycles. The Morgan fingerprint density at radius 2 is 1.77 bits per heavy atom. The number of hydrogen-bond acceptors (Lipinski definition) is 1. The van der Waals surface area contributed by atoms with Crippen LogP contribution < -0.4 is 5.73 Å². The highest BCUT2D eigenvalue weighted by Gasteiger charge is 2.42. The highest BCUT2D eigenvalue weighted by atomic mass is 14.7. The summed E-state index contributed by atoms with van der Waals surface area (Å²) in [6.07, 6.45) is 10.8. The molecule has 1 nitrogen and oxygen atoms in total. The van der Waals surface area contributed by atoms with Gasteiger partial charge in [-0.05, 0) is 24.7 Å². The molecule has 0 aromatic carbocycles. The second kappa shape index (κ2) is 4.99. The molecule has 0 aliphatic heterocycles. The van der Waals surface area contributed by atoms with E-state index in [1.165, 1.54) is 51.4 Å². The van der Waals surface area contributed by atoms with Crippen molar-refractivity contribution in [3.63, 3.8) is 0 Å². The minimum atomic E-state index is 0.481. The van der Waals surface area contributed by atoms with Gasteiger partial charge in [-0.1, -0.05) is 46.0 Å². The smallest absolute Gasteiger partial charge is 0.00929 e. The first-order valence-corrected chi connectivity index (χ1v) is 5.94. The second-order valence-electron chi connectivity index (χ2n) is 4.96. The third kappa shape index (κ3) is 3.68. The molecule has 0 spiro atoms. The van der Waals surface area contributed by atoms with Gasteiger partial charge in [0.2, 0.25) is 0 Å². The predicted molar refractivity (Wildman–Crippen MR) is 58.7 cm³/mol. The molecule has 0 amide bonds. The quantitative estimate of drug-likeness (QED) is 0.601. The summed E-state index contributed by atoms with van der Waals surface area (Å²) < 4.78 is 0. The largest absolute Gasteiger partial charge is 0.327 e. The fraction of sp³-hybridized carbons (Fsp3) is 1.00. The molecule has 0 heterocycles. The molecule has 1 unspecified atom stereocenters. The van der Waals surface area contributed by atoms with Crippen LogP contribution in [0.15, 0.2) is 0 Å². The average molecular weight is 183 g/mol. The molecule has 1 heteroatoms. The SMILES string of the molecule is CCCCCCCC(N)C1(C)CC1. The Kier molecular flexibility index (Phi) is 4.24. The van der Waals surface area contributed by atoms with Crippen molar-refractivity contribution in [2.75, 3.05) is 0 Å². The first kappa shape index (κ1) is 11.0. The zero-order valence-corrected chi connectivity index (χ0v) is 9.31. The van der Waals surface area contributed by atoms with E-state index < -0.39 is 0 Å². The average Bonchev–Trinajstić information content (AvgIpc) is 2.84. The Bertz CT molecular complexity index is 138. The minimum Gasteiger partial charge on any atom is -0.327 e. The van der Waals surface area contributed by atoms with Crippen molar-refractivity contribution in [2.24, 2.45) is 11.1 Å². The van der Waals surface area contributed by atoms with E-state index in [0.717, 1.165) is 0 Å². The van der Waals surface area contributed by atoms with E-state index in [9.17, 15) is 0 Å². The summed E-state index contributed by atoms with van der Waals surface area (Å²) in [7, 11) is 0. The molecular formula is C12H25N. The van der Waals surface area contributed by atoms with E-state index in [4.69, 9.17) is 5.73 Å². The van der Waals surface area contributed by atoms with Crippen molar-refractivity contribution in [1.82, 2.24) is 0 Å².